The van der Waals surface area contributed by atoms with Crippen molar-refractivity contribution in [1.82, 2.24) is 9.38 Å². The monoisotopic (exact) mass is 542 g/mol. The van der Waals surface area contributed by atoms with Gasteiger partial charge in [-0.2, -0.15) is 21.6 Å². The summed E-state index contributed by atoms with van der Waals surface area (Å²) in [6.07, 6.45) is 2.69. The van der Waals surface area contributed by atoms with Gasteiger partial charge in [0.05, 0.1) is 24.7 Å². The largest absolute Gasteiger partial charge is 0.523 e. The maximum atomic E-state index is 13.0. The molecule has 0 N–H and O–H groups in total. The predicted octanol–water partition coefficient (Wildman–Crippen LogP) is 2.37. The maximum Gasteiger partial charge on any atom is 0.523 e. The van der Waals surface area contributed by atoms with Gasteiger partial charge in [-0.15, -0.1) is 0 Å². The summed E-state index contributed by atoms with van der Waals surface area (Å²) in [7, 11) is -9.08. The minimum absolute atomic E-state index is 0.0868. The van der Waals surface area contributed by atoms with Crippen molar-refractivity contribution in [3.05, 3.63) is 22.2 Å². The van der Waals surface area contributed by atoms with Crippen molar-refractivity contribution in [2.24, 2.45) is 0 Å². The summed E-state index contributed by atoms with van der Waals surface area (Å²) in [5.41, 5.74) is -5.26. The van der Waals surface area contributed by atoms with Gasteiger partial charge in [0.2, 0.25) is 0 Å². The molecule has 0 aliphatic heterocycles. The van der Waals surface area contributed by atoms with Gasteiger partial charge in [0.1, 0.15) is 20.0 Å². The van der Waals surface area contributed by atoms with Crippen molar-refractivity contribution in [2.45, 2.75) is 29.0 Å². The highest BCUT2D eigenvalue weighted by Gasteiger charge is 2.49. The van der Waals surface area contributed by atoms with Crippen molar-refractivity contribution in [1.29, 1.82) is 0 Å². The molecule has 0 aliphatic carbocycles. The summed E-state index contributed by atoms with van der Waals surface area (Å²) in [6.45, 7) is 0.868. The van der Waals surface area contributed by atoms with Gasteiger partial charge in [0.25, 0.3) is 0 Å². The number of nitrogens with zero attached hydrogens (tertiary/aromatic N) is 2. The number of halogens is 4. The van der Waals surface area contributed by atoms with Crippen molar-refractivity contribution >= 4 is 48.2 Å². The van der Waals surface area contributed by atoms with Crippen molar-refractivity contribution in [2.75, 3.05) is 13.7 Å². The quantitative estimate of drug-likeness (QED) is 0.314. The topological polar surface area (TPSA) is 104 Å². The molecule has 0 saturated carbocycles. The number of hydrogen-bond acceptors (Lipinski definition) is 7. The van der Waals surface area contributed by atoms with E-state index in [1.54, 1.807) is 0 Å². The number of ether oxygens (including phenoxy) is 1. The standard InChI is InChI=1S/C13H14F3IN2O6S2/c1-12(2,7-25-27(22,23)13(14,15)16)26(20,21)9-6-19-10(17)5-18-11(19)4-8(9)24-3/h4-6H,7H2,1-3H3. The molecule has 0 spiro atoms. The van der Waals surface area contributed by atoms with Crippen LogP contribution in [0.25, 0.3) is 5.65 Å². The lowest BCUT2D eigenvalue weighted by Gasteiger charge is -2.25. The highest BCUT2D eigenvalue weighted by atomic mass is 127. The lowest BCUT2D eigenvalue weighted by molar-refractivity contribution is -0.0546. The first-order chi connectivity index (χ1) is 12.1. The molecule has 0 bridgehead atoms. The van der Waals surface area contributed by atoms with Crippen LogP contribution in [0.1, 0.15) is 13.8 Å². The molecule has 2 aromatic rings. The molecule has 27 heavy (non-hydrogen) atoms. The zero-order chi connectivity index (χ0) is 20.8. The fraction of sp³-hybridized carbons (Fsp3) is 0.462. The number of hydrogen-bond donors (Lipinski definition) is 0. The molecule has 2 rings (SSSR count). The van der Waals surface area contributed by atoms with Crippen LogP contribution in [0.3, 0.4) is 0 Å². The number of sulfone groups is 1. The van der Waals surface area contributed by atoms with E-state index in [2.05, 4.69) is 9.17 Å². The molecule has 0 saturated heterocycles. The molecule has 0 amide bonds. The Balaban J connectivity index is 2.50. The lowest BCUT2D eigenvalue weighted by atomic mass is 10.2. The van der Waals surface area contributed by atoms with E-state index in [0.29, 0.717) is 9.35 Å². The minimum atomic E-state index is -5.93. The number of methoxy groups -OCH3 is 1. The van der Waals surface area contributed by atoms with Crippen LogP contribution in [0, 0.1) is 3.70 Å². The van der Waals surface area contributed by atoms with E-state index in [0.717, 1.165) is 13.8 Å². The smallest absolute Gasteiger partial charge is 0.495 e. The van der Waals surface area contributed by atoms with Gasteiger partial charge in [-0.05, 0) is 36.4 Å². The number of imidazole rings is 1. The molecular formula is C13H14F3IN2O6S2. The zero-order valence-electron chi connectivity index (χ0n) is 14.1. The zero-order valence-corrected chi connectivity index (χ0v) is 17.9. The van der Waals surface area contributed by atoms with Gasteiger partial charge >= 0.3 is 15.6 Å². The van der Waals surface area contributed by atoms with E-state index >= 15 is 0 Å². The first kappa shape index (κ1) is 22.2. The SMILES string of the molecule is COc1cc2ncc(I)n2cc1S(=O)(=O)C(C)(C)COS(=O)(=O)C(F)(F)F. The van der Waals surface area contributed by atoms with Gasteiger partial charge in [-0.25, -0.2) is 13.4 Å². The summed E-state index contributed by atoms with van der Waals surface area (Å²) in [6, 6.07) is 1.35. The molecular weight excluding hydrogens is 528 g/mol. The fourth-order valence-electron chi connectivity index (χ4n) is 1.98. The third-order valence-corrected chi connectivity index (χ3v) is 7.86. The second-order valence-electron chi connectivity index (χ2n) is 5.94. The van der Waals surface area contributed by atoms with Crippen LogP contribution in [-0.2, 0) is 24.1 Å². The van der Waals surface area contributed by atoms with Crippen LogP contribution in [0.5, 0.6) is 5.75 Å². The number of pyridine rings is 1. The van der Waals surface area contributed by atoms with E-state index in [4.69, 9.17) is 4.74 Å². The highest BCUT2D eigenvalue weighted by molar-refractivity contribution is 14.1. The Bertz CT molecular complexity index is 1080. The Morgan fingerprint density at radius 3 is 2.33 bits per heavy atom. The third-order valence-electron chi connectivity index (χ3n) is 3.61. The minimum Gasteiger partial charge on any atom is -0.495 e. The second-order valence-corrected chi connectivity index (χ2v) is 11.2. The van der Waals surface area contributed by atoms with Crippen LogP contribution < -0.4 is 4.74 Å². The summed E-state index contributed by atoms with van der Waals surface area (Å²) in [5.74, 6) is -0.0868. The molecule has 0 unspecified atom stereocenters. The molecule has 2 aromatic heterocycles. The summed E-state index contributed by atoms with van der Waals surface area (Å²) < 4.78 is 94.5. The van der Waals surface area contributed by atoms with Crippen LogP contribution in [-0.4, -0.2) is 50.2 Å². The van der Waals surface area contributed by atoms with Crippen LogP contribution >= 0.6 is 22.6 Å². The van der Waals surface area contributed by atoms with Gasteiger partial charge in [0, 0.05) is 12.3 Å². The molecule has 0 fully saturated rings. The van der Waals surface area contributed by atoms with Crippen LogP contribution in [0.2, 0.25) is 0 Å². The average molecular weight is 542 g/mol. The molecule has 0 radical (unpaired) electrons. The highest BCUT2D eigenvalue weighted by Crippen LogP contribution is 2.35. The van der Waals surface area contributed by atoms with E-state index in [1.807, 2.05) is 22.6 Å². The van der Waals surface area contributed by atoms with Gasteiger partial charge in [0.15, 0.2) is 9.84 Å². The van der Waals surface area contributed by atoms with Gasteiger partial charge in [-0.1, -0.05) is 0 Å². The lowest BCUT2D eigenvalue weighted by Crippen LogP contribution is -2.40. The maximum absolute atomic E-state index is 13.0. The Morgan fingerprint density at radius 2 is 1.81 bits per heavy atom. The van der Waals surface area contributed by atoms with Crippen molar-refractivity contribution in [3.8, 4) is 5.75 Å². The average Bonchev–Trinajstić information content (AvgIpc) is 2.91. The number of aromatic nitrogens is 2. The van der Waals surface area contributed by atoms with Crippen LogP contribution in [0.4, 0.5) is 13.2 Å². The van der Waals surface area contributed by atoms with Crippen LogP contribution in [0.15, 0.2) is 23.4 Å². The first-order valence-electron chi connectivity index (χ1n) is 7.05. The number of alkyl halides is 3. The van der Waals surface area contributed by atoms with Crippen molar-refractivity contribution in [3.63, 3.8) is 0 Å². The molecule has 0 aromatic carbocycles. The number of rotatable bonds is 6. The molecule has 152 valence electrons. The summed E-state index contributed by atoms with van der Waals surface area (Å²) >= 11 is 1.91. The normalized spacial score (nSPS) is 13.9. The second kappa shape index (κ2) is 7.04. The molecule has 2 heterocycles. The van der Waals surface area contributed by atoms with Gasteiger partial charge < -0.3 is 4.74 Å². The molecule has 8 nitrogen and oxygen atoms in total. The van der Waals surface area contributed by atoms with E-state index < -0.39 is 36.8 Å². The third kappa shape index (κ3) is 4.02. The van der Waals surface area contributed by atoms with E-state index in [9.17, 15) is 30.0 Å². The van der Waals surface area contributed by atoms with E-state index in [-0.39, 0.29) is 10.6 Å². The molecule has 0 atom stereocenters. The Kier molecular flexibility index (Phi) is 5.78. The fourth-order valence-corrected chi connectivity index (χ4v) is 4.62. The van der Waals surface area contributed by atoms with E-state index in [1.165, 1.54) is 30.0 Å². The Hall–Kier alpha value is -1.13. The summed E-state index contributed by atoms with van der Waals surface area (Å²) in [4.78, 5) is 3.72. The first-order valence-corrected chi connectivity index (χ1v) is 11.0. The number of fused-ring (bicyclic) bond motifs is 1. The van der Waals surface area contributed by atoms with Crippen molar-refractivity contribution < 1.29 is 38.9 Å². The Morgan fingerprint density at radius 1 is 1.22 bits per heavy atom. The summed E-state index contributed by atoms with van der Waals surface area (Å²) in [5, 5.41) is 0. The molecule has 14 heteroatoms. The molecule has 0 aliphatic rings. The van der Waals surface area contributed by atoms with Gasteiger partial charge in [-0.3, -0.25) is 8.58 Å². The predicted molar refractivity (Wildman–Crippen MR) is 96.7 cm³/mol. The Labute approximate surface area is 166 Å².